The van der Waals surface area contributed by atoms with Crippen molar-refractivity contribution in [2.75, 3.05) is 5.43 Å². The van der Waals surface area contributed by atoms with Crippen molar-refractivity contribution in [3.63, 3.8) is 0 Å². The first-order valence-corrected chi connectivity index (χ1v) is 5.27. The molecular weight excluding hydrogens is 248 g/mol. The van der Waals surface area contributed by atoms with Gasteiger partial charge in [0, 0.05) is 5.39 Å². The SMILES string of the molecule is Cc1ccc(Cl)c2nc(C(F)F)cc(NN)c12. The molecule has 0 bridgehead atoms. The minimum absolute atomic E-state index is 0.324. The number of nitrogens with two attached hydrogens (primary N) is 1. The van der Waals surface area contributed by atoms with Crippen LogP contribution in [0.1, 0.15) is 17.7 Å². The molecular formula is C11H10ClF2N3. The second kappa shape index (κ2) is 4.43. The van der Waals surface area contributed by atoms with Crippen LogP contribution in [0.4, 0.5) is 14.5 Å². The van der Waals surface area contributed by atoms with Gasteiger partial charge in [-0.15, -0.1) is 0 Å². The highest BCUT2D eigenvalue weighted by Crippen LogP contribution is 2.33. The number of fused-ring (bicyclic) bond motifs is 1. The van der Waals surface area contributed by atoms with E-state index in [2.05, 4.69) is 10.4 Å². The highest BCUT2D eigenvalue weighted by molar-refractivity contribution is 6.35. The van der Waals surface area contributed by atoms with Crippen LogP contribution in [0.2, 0.25) is 5.02 Å². The number of nitrogens with zero attached hydrogens (tertiary/aromatic N) is 1. The molecule has 2 rings (SSSR count). The predicted molar refractivity (Wildman–Crippen MR) is 64.3 cm³/mol. The number of benzene rings is 1. The molecule has 0 aliphatic carbocycles. The van der Waals surface area contributed by atoms with Gasteiger partial charge in [-0.2, -0.15) is 0 Å². The Kier molecular flexibility index (Phi) is 3.13. The van der Waals surface area contributed by atoms with Gasteiger partial charge in [-0.3, -0.25) is 5.84 Å². The van der Waals surface area contributed by atoms with Crippen LogP contribution in [0, 0.1) is 6.92 Å². The summed E-state index contributed by atoms with van der Waals surface area (Å²) in [6, 6.07) is 4.65. The Labute approximate surface area is 102 Å². The third kappa shape index (κ3) is 2.03. The number of aromatic nitrogens is 1. The average molecular weight is 258 g/mol. The van der Waals surface area contributed by atoms with Crippen molar-refractivity contribution in [3.05, 3.63) is 34.5 Å². The monoisotopic (exact) mass is 257 g/mol. The highest BCUT2D eigenvalue weighted by Gasteiger charge is 2.15. The first kappa shape index (κ1) is 12.0. The number of hydrogen-bond acceptors (Lipinski definition) is 3. The quantitative estimate of drug-likeness (QED) is 0.640. The van der Waals surface area contributed by atoms with Crippen molar-refractivity contribution in [3.8, 4) is 0 Å². The second-order valence-electron chi connectivity index (χ2n) is 3.63. The fourth-order valence-corrected chi connectivity index (χ4v) is 1.92. The zero-order valence-electron chi connectivity index (χ0n) is 8.97. The molecule has 0 atom stereocenters. The molecule has 2 aromatic rings. The summed E-state index contributed by atoms with van der Waals surface area (Å²) in [5, 5.41) is 0.981. The molecule has 17 heavy (non-hydrogen) atoms. The lowest BCUT2D eigenvalue weighted by molar-refractivity contribution is 0.146. The standard InChI is InChI=1S/C11H10ClF2N3/c1-5-2-3-6(12)10-9(5)7(17-15)4-8(16-10)11(13)14/h2-4,11H,15H2,1H3,(H,16,17). The van der Waals surface area contributed by atoms with E-state index >= 15 is 0 Å². The van der Waals surface area contributed by atoms with Gasteiger partial charge in [-0.25, -0.2) is 13.8 Å². The lowest BCUT2D eigenvalue weighted by Crippen LogP contribution is -2.09. The third-order valence-electron chi connectivity index (χ3n) is 2.52. The number of aryl methyl sites for hydroxylation is 1. The summed E-state index contributed by atoms with van der Waals surface area (Å²) in [6.45, 7) is 1.84. The van der Waals surface area contributed by atoms with Crippen LogP contribution in [0.5, 0.6) is 0 Å². The molecule has 90 valence electrons. The fraction of sp³-hybridized carbons (Fsp3) is 0.182. The van der Waals surface area contributed by atoms with Gasteiger partial charge in [-0.1, -0.05) is 17.7 Å². The van der Waals surface area contributed by atoms with Crippen molar-refractivity contribution in [2.45, 2.75) is 13.3 Å². The van der Waals surface area contributed by atoms with Gasteiger partial charge in [0.2, 0.25) is 0 Å². The van der Waals surface area contributed by atoms with Crippen molar-refractivity contribution in [1.82, 2.24) is 4.98 Å². The maximum atomic E-state index is 12.7. The van der Waals surface area contributed by atoms with E-state index in [4.69, 9.17) is 17.4 Å². The molecule has 0 unspecified atom stereocenters. The topological polar surface area (TPSA) is 50.9 Å². The van der Waals surface area contributed by atoms with Gasteiger partial charge in [0.1, 0.15) is 5.69 Å². The van der Waals surface area contributed by atoms with Crippen molar-refractivity contribution < 1.29 is 8.78 Å². The summed E-state index contributed by atoms with van der Waals surface area (Å²) < 4.78 is 25.3. The molecule has 0 aliphatic heterocycles. The zero-order chi connectivity index (χ0) is 12.6. The van der Waals surface area contributed by atoms with Crippen LogP contribution in [-0.4, -0.2) is 4.98 Å². The number of alkyl halides is 2. The van der Waals surface area contributed by atoms with Crippen molar-refractivity contribution >= 4 is 28.2 Å². The first-order chi connectivity index (χ1) is 8.04. The van der Waals surface area contributed by atoms with Crippen LogP contribution in [0.3, 0.4) is 0 Å². The van der Waals surface area contributed by atoms with Crippen LogP contribution in [-0.2, 0) is 0 Å². The minimum Gasteiger partial charge on any atom is -0.323 e. The van der Waals surface area contributed by atoms with E-state index in [0.717, 1.165) is 5.56 Å². The van der Waals surface area contributed by atoms with E-state index in [1.165, 1.54) is 6.07 Å². The molecule has 1 heterocycles. The summed E-state index contributed by atoms with van der Waals surface area (Å²) >= 11 is 5.96. The number of halogens is 3. The van der Waals surface area contributed by atoms with E-state index in [1.807, 2.05) is 6.92 Å². The number of nitrogen functional groups attached to an aromatic ring is 1. The second-order valence-corrected chi connectivity index (χ2v) is 4.03. The van der Waals surface area contributed by atoms with Crippen LogP contribution in [0.25, 0.3) is 10.9 Å². The normalized spacial score (nSPS) is 11.2. The van der Waals surface area contributed by atoms with Gasteiger partial charge in [0.05, 0.1) is 16.2 Å². The van der Waals surface area contributed by atoms with Gasteiger partial charge in [-0.05, 0) is 24.6 Å². The molecule has 6 heteroatoms. The number of hydrazine groups is 1. The van der Waals surface area contributed by atoms with E-state index in [-0.39, 0.29) is 5.69 Å². The molecule has 0 saturated carbocycles. The summed E-state index contributed by atoms with van der Waals surface area (Å²) in [4.78, 5) is 3.87. The Morgan fingerprint density at radius 1 is 1.41 bits per heavy atom. The molecule has 0 amide bonds. The number of anilines is 1. The summed E-state index contributed by atoms with van der Waals surface area (Å²) in [5.74, 6) is 5.34. The molecule has 0 saturated heterocycles. The Morgan fingerprint density at radius 2 is 2.12 bits per heavy atom. The number of rotatable bonds is 2. The van der Waals surface area contributed by atoms with Crippen molar-refractivity contribution in [2.24, 2.45) is 5.84 Å². The largest absolute Gasteiger partial charge is 0.323 e. The number of nitrogens with one attached hydrogen (secondary N) is 1. The minimum atomic E-state index is -2.66. The summed E-state index contributed by atoms with van der Waals surface area (Å²) in [5.41, 5.74) is 3.64. The van der Waals surface area contributed by atoms with E-state index < -0.39 is 6.43 Å². The van der Waals surface area contributed by atoms with Crippen molar-refractivity contribution in [1.29, 1.82) is 0 Å². The van der Waals surface area contributed by atoms with E-state index in [0.29, 0.717) is 21.6 Å². The third-order valence-corrected chi connectivity index (χ3v) is 2.82. The highest BCUT2D eigenvalue weighted by atomic mass is 35.5. The van der Waals surface area contributed by atoms with Gasteiger partial charge in [0.15, 0.2) is 0 Å². The molecule has 1 aromatic heterocycles. The predicted octanol–water partition coefficient (Wildman–Crippen LogP) is 3.42. The zero-order valence-corrected chi connectivity index (χ0v) is 9.72. The Morgan fingerprint density at radius 3 is 2.71 bits per heavy atom. The number of pyridine rings is 1. The van der Waals surface area contributed by atoms with Gasteiger partial charge in [0.25, 0.3) is 6.43 Å². The average Bonchev–Trinajstić information content (AvgIpc) is 2.32. The molecule has 0 radical (unpaired) electrons. The maximum Gasteiger partial charge on any atom is 0.280 e. The van der Waals surface area contributed by atoms with Gasteiger partial charge < -0.3 is 5.43 Å². The van der Waals surface area contributed by atoms with E-state index in [1.54, 1.807) is 12.1 Å². The molecule has 0 spiro atoms. The van der Waals surface area contributed by atoms with Crippen LogP contribution < -0.4 is 11.3 Å². The first-order valence-electron chi connectivity index (χ1n) is 4.89. The van der Waals surface area contributed by atoms with Crippen LogP contribution in [0.15, 0.2) is 18.2 Å². The smallest absolute Gasteiger partial charge is 0.280 e. The van der Waals surface area contributed by atoms with E-state index in [9.17, 15) is 8.78 Å². The molecule has 1 aromatic carbocycles. The Bertz CT molecular complexity index is 572. The molecule has 3 N–H and O–H groups in total. The fourth-order valence-electron chi connectivity index (χ4n) is 1.72. The summed E-state index contributed by atoms with van der Waals surface area (Å²) in [7, 11) is 0. The number of hydrogen-bond donors (Lipinski definition) is 2. The lowest BCUT2D eigenvalue weighted by atomic mass is 10.1. The van der Waals surface area contributed by atoms with Crippen LogP contribution >= 0.6 is 11.6 Å². The summed E-state index contributed by atoms with van der Waals surface area (Å²) in [6.07, 6.45) is -2.66. The molecule has 0 fully saturated rings. The maximum absolute atomic E-state index is 12.7. The lowest BCUT2D eigenvalue weighted by Gasteiger charge is -2.11. The molecule has 0 aliphatic rings. The Hall–Kier alpha value is -1.46. The Balaban J connectivity index is 2.87. The molecule has 3 nitrogen and oxygen atoms in total. The van der Waals surface area contributed by atoms with Gasteiger partial charge >= 0.3 is 0 Å².